The molecule has 52 heavy (non-hydrogen) atoms. The van der Waals surface area contributed by atoms with Gasteiger partial charge in [0.2, 0.25) is 5.91 Å². The Bertz CT molecular complexity index is 1760. The third-order valence-electron chi connectivity index (χ3n) is 7.09. The summed E-state index contributed by atoms with van der Waals surface area (Å²) in [7, 11) is -17.4. The molecule has 266 valence electrons. The summed E-state index contributed by atoms with van der Waals surface area (Å²) in [6.45, 7) is -2.26. The molecule has 5 heterocycles. The van der Waals surface area contributed by atoms with E-state index in [9.17, 15) is 53.4 Å². The minimum Gasteiger partial charge on any atom is -0.790 e. The van der Waals surface area contributed by atoms with Crippen molar-refractivity contribution in [3.8, 4) is 0 Å². The monoisotopic (exact) mass is 838 g/mol. The molecule has 2 unspecified atom stereocenters. The van der Waals surface area contributed by atoms with E-state index in [1.54, 1.807) is 0 Å². The predicted octanol–water partition coefficient (Wildman–Crippen LogP) is -17.1. The number of phosphoric acid groups is 3. The number of amides is 1. The maximum absolute atomic E-state index is 12.4. The first-order chi connectivity index (χ1) is 22.4. The number of carbonyl (C=O) groups is 1. The molecule has 0 aromatic carbocycles. The fourth-order valence-electron chi connectivity index (χ4n) is 4.91. The van der Waals surface area contributed by atoms with Crippen molar-refractivity contribution in [2.75, 3.05) is 18.9 Å². The fourth-order valence-corrected chi connectivity index (χ4v) is 7.45. The zero-order valence-corrected chi connectivity index (χ0v) is 38.6. The first-order valence-electron chi connectivity index (χ1n) is 13.4. The van der Waals surface area contributed by atoms with E-state index in [1.807, 2.05) is 0 Å². The Morgan fingerprint density at radius 2 is 1.48 bits per heavy atom. The Balaban J connectivity index is 0.00000338. The standard InChI is InChI=1S/C21H30N7O17P3.4Na/c22-17-12-19(25-7-24-17)28(8-26-12)21-16(44-46(33,34)35)14(30)11(43-21)6-41-48(38,39)45-47(36,37)40-5-10-13(29)15(31)20(42-10)27-3-1-2-9(4-27)18(23)32;;;;/h1,3-4,7-8,10-11,13-16,20-21,29-31H,2,5-6H2,(H2,23,32)(H,36,37)(H,38,39)(H2,22,24,25)(H2,33,34,35);;;;/q;4*+1/p-4/t10-,11-,13-,14-,15-,16-,20-,21-;;;;/m1..../s1/i5+1,10+1,13+1,15+1,20+1;;;;. The first kappa shape index (κ1) is 51.3. The summed E-state index contributed by atoms with van der Waals surface area (Å²) in [6, 6.07) is 0. The summed E-state index contributed by atoms with van der Waals surface area (Å²) >= 11 is 0. The molecule has 3 aliphatic heterocycles. The molecular formula is C21H26N7Na4O17P3. The van der Waals surface area contributed by atoms with E-state index in [0.717, 1.165) is 17.2 Å². The van der Waals surface area contributed by atoms with Gasteiger partial charge < -0.3 is 78.9 Å². The number of nitrogens with zero attached hydrogens (tertiary/aromatic N) is 5. The van der Waals surface area contributed by atoms with Gasteiger partial charge in [-0.3, -0.25) is 18.5 Å². The van der Waals surface area contributed by atoms with Crippen LogP contribution in [0.2, 0.25) is 0 Å². The molecule has 10 atom stereocenters. The van der Waals surface area contributed by atoms with Crippen molar-refractivity contribution < 1.29 is 199 Å². The Labute approximate surface area is 382 Å². The van der Waals surface area contributed by atoms with Crippen LogP contribution in [0.25, 0.3) is 11.2 Å². The van der Waals surface area contributed by atoms with E-state index in [-0.39, 0.29) is 147 Å². The van der Waals surface area contributed by atoms with Crippen LogP contribution >= 0.6 is 23.5 Å². The molecule has 0 bridgehead atoms. The van der Waals surface area contributed by atoms with Crippen molar-refractivity contribution in [3.05, 3.63) is 36.7 Å². The van der Waals surface area contributed by atoms with E-state index in [2.05, 4.69) is 32.8 Å². The topological polar surface area (TPSA) is 375 Å². The minimum atomic E-state index is -5.86. The number of aliphatic hydroxyl groups excluding tert-OH is 3. The number of primary amides is 1. The number of allylic oxidation sites excluding steroid dienone is 1. The molecule has 2 aromatic rings. The molecule has 24 nitrogen and oxygen atoms in total. The number of anilines is 1. The molecule has 7 N–H and O–H groups in total. The van der Waals surface area contributed by atoms with Gasteiger partial charge >= 0.3 is 118 Å². The van der Waals surface area contributed by atoms with Crippen molar-refractivity contribution in [1.29, 1.82) is 0 Å². The number of carbonyl (C=O) groups excluding carboxylic acids is 1. The molecule has 2 aromatic heterocycles. The van der Waals surface area contributed by atoms with Crippen LogP contribution in [0.1, 0.15) is 12.6 Å². The third-order valence-corrected chi connectivity index (χ3v) is 10.1. The summed E-state index contributed by atoms with van der Waals surface area (Å²) in [5.74, 6) is -0.849. The Morgan fingerprint density at radius 3 is 2.06 bits per heavy atom. The van der Waals surface area contributed by atoms with Gasteiger partial charge in [0, 0.05) is 18.0 Å². The Hall–Kier alpha value is 1.27. The second-order valence-electron chi connectivity index (χ2n) is 10.3. The smallest absolute Gasteiger partial charge is 0.790 e. The maximum Gasteiger partial charge on any atom is 1.00 e. The average molecular weight is 838 g/mol. The van der Waals surface area contributed by atoms with E-state index < -0.39 is 91.7 Å². The average Bonchev–Trinajstić information content (AvgIpc) is 3.64. The summed E-state index contributed by atoms with van der Waals surface area (Å²) in [5, 5.41) is 31.4. The number of nitrogens with two attached hydrogens (primary N) is 2. The number of nitrogen functional groups attached to an aromatic ring is 1. The second-order valence-corrected chi connectivity index (χ2v) is 14.4. The van der Waals surface area contributed by atoms with Crippen molar-refractivity contribution in [3.63, 3.8) is 0 Å². The van der Waals surface area contributed by atoms with E-state index in [4.69, 9.17) is 20.9 Å². The number of ether oxygens (including phenoxy) is 2. The van der Waals surface area contributed by atoms with Gasteiger partial charge in [0.1, 0.15) is 48.5 Å². The number of hydrogen-bond donors (Lipinski definition) is 5. The number of rotatable bonds is 13. The van der Waals surface area contributed by atoms with Gasteiger partial charge in [-0.05, 0) is 6.42 Å². The SMILES string of the molecule is NC(=O)C1=CN([13C@@H]2O[13C@H]([13CH2]OP(=O)([O-])OP(=O)([O-])OC[C@H]3O[C@@H](n4cnc5c(N)ncnc54)[C@H](OP(=O)([O-])[O-])[C@@H]3O)[13C@@H](O)[13C@H]2O)C=CC1.[Na+].[Na+].[Na+].[Na+]. The molecule has 5 rings (SSSR count). The molecule has 3 aliphatic rings. The van der Waals surface area contributed by atoms with Gasteiger partial charge in [-0.15, -0.1) is 0 Å². The van der Waals surface area contributed by atoms with Gasteiger partial charge in [-0.25, -0.2) is 19.3 Å². The quantitative estimate of drug-likeness (QED) is 0.0710. The summed E-state index contributed by atoms with van der Waals surface area (Å²) in [4.78, 5) is 71.8. The van der Waals surface area contributed by atoms with E-state index >= 15 is 0 Å². The van der Waals surface area contributed by atoms with Crippen molar-refractivity contribution in [2.45, 2.75) is 55.5 Å². The zero-order valence-electron chi connectivity index (χ0n) is 27.9. The number of aromatic nitrogens is 4. The van der Waals surface area contributed by atoms with Crippen molar-refractivity contribution in [2.24, 2.45) is 5.73 Å². The van der Waals surface area contributed by atoms with Crippen LogP contribution in [0.4, 0.5) is 5.82 Å². The number of fused-ring (bicyclic) bond motifs is 1. The van der Waals surface area contributed by atoms with Gasteiger partial charge in [0.15, 0.2) is 23.9 Å². The van der Waals surface area contributed by atoms with Crippen LogP contribution in [0.5, 0.6) is 0 Å². The number of imidazole rings is 1. The maximum atomic E-state index is 12.4. The molecule has 0 radical (unpaired) electrons. The second kappa shape index (κ2) is 20.8. The molecule has 0 saturated carbocycles. The van der Waals surface area contributed by atoms with Crippen LogP contribution in [0.15, 0.2) is 36.7 Å². The largest absolute Gasteiger partial charge is 1.00 e. The van der Waals surface area contributed by atoms with Crippen LogP contribution in [0, 0.1) is 0 Å². The summed E-state index contributed by atoms with van der Waals surface area (Å²) in [5.41, 5.74) is 11.1. The van der Waals surface area contributed by atoms with E-state index in [0.29, 0.717) is 0 Å². The van der Waals surface area contributed by atoms with Gasteiger partial charge in [-0.1, -0.05) is 6.08 Å². The van der Waals surface area contributed by atoms with Crippen LogP contribution in [-0.4, -0.2) is 102 Å². The zero-order chi connectivity index (χ0) is 35.2. The summed E-state index contributed by atoms with van der Waals surface area (Å²) in [6.07, 6.45) is -7.38. The van der Waals surface area contributed by atoms with E-state index in [1.165, 1.54) is 23.4 Å². The van der Waals surface area contributed by atoms with Gasteiger partial charge in [-0.2, -0.15) is 0 Å². The summed E-state index contributed by atoms with van der Waals surface area (Å²) < 4.78 is 65.6. The molecule has 0 spiro atoms. The van der Waals surface area contributed by atoms with Crippen molar-refractivity contribution in [1.82, 2.24) is 24.4 Å². The Kier molecular flexibility index (Phi) is 20.5. The van der Waals surface area contributed by atoms with Gasteiger partial charge in [0.05, 0.1) is 27.4 Å². The third kappa shape index (κ3) is 12.6. The molecule has 0 aliphatic carbocycles. The Morgan fingerprint density at radius 1 is 0.904 bits per heavy atom. The normalized spacial score (nSPS) is 29.4. The molecule has 1 amide bonds. The van der Waals surface area contributed by atoms with Crippen LogP contribution in [0.3, 0.4) is 0 Å². The minimum absolute atomic E-state index is 0. The van der Waals surface area contributed by atoms with Crippen LogP contribution < -0.4 is 149 Å². The molecule has 2 saturated heterocycles. The number of aliphatic hydroxyl groups is 3. The first-order valence-corrected chi connectivity index (χ1v) is 17.8. The fraction of sp³-hybridized carbons (Fsp3) is 0.524. The van der Waals surface area contributed by atoms with Crippen molar-refractivity contribution >= 4 is 46.4 Å². The number of hydrogen-bond acceptors (Lipinski definition) is 22. The van der Waals surface area contributed by atoms with Crippen LogP contribution in [-0.2, 0) is 45.8 Å². The van der Waals surface area contributed by atoms with Gasteiger partial charge in [0.25, 0.3) is 15.6 Å². The predicted molar refractivity (Wildman–Crippen MR) is 144 cm³/mol. The number of phosphoric ester groups is 3. The molecule has 2 fully saturated rings. The molecular weight excluding hydrogens is 812 g/mol. The molecule has 31 heteroatoms.